The van der Waals surface area contributed by atoms with Crippen molar-refractivity contribution in [1.82, 2.24) is 10.2 Å². The lowest BCUT2D eigenvalue weighted by molar-refractivity contribution is 0.0842. The molecule has 0 fully saturated rings. The number of thiophene rings is 1. The largest absolute Gasteiger partial charge is 0.383 e. The van der Waals surface area contributed by atoms with Crippen LogP contribution in [0, 0.1) is 0 Å². The third-order valence-corrected chi connectivity index (χ3v) is 4.24. The summed E-state index contributed by atoms with van der Waals surface area (Å²) in [7, 11) is 3.97. The minimum absolute atomic E-state index is 0.435. The molecule has 0 amide bonds. The number of nitrogens with zero attached hydrogens (tertiary/aromatic N) is 1. The van der Waals surface area contributed by atoms with Crippen LogP contribution in [0.25, 0.3) is 0 Å². The Hall–Kier alpha value is -0.420. The van der Waals surface area contributed by atoms with Gasteiger partial charge < -0.3 is 10.1 Å². The zero-order valence-electron chi connectivity index (χ0n) is 12.0. The number of hydrogen-bond acceptors (Lipinski definition) is 4. The van der Waals surface area contributed by atoms with Gasteiger partial charge in [-0.05, 0) is 38.4 Å². The Bertz CT molecular complexity index is 303. The van der Waals surface area contributed by atoms with E-state index in [2.05, 4.69) is 48.6 Å². The van der Waals surface area contributed by atoms with Gasteiger partial charge in [0.2, 0.25) is 0 Å². The zero-order chi connectivity index (χ0) is 13.4. The molecule has 1 N–H and O–H groups in total. The molecule has 0 saturated carbocycles. The van der Waals surface area contributed by atoms with E-state index in [-0.39, 0.29) is 0 Å². The van der Waals surface area contributed by atoms with Crippen molar-refractivity contribution in [1.29, 1.82) is 0 Å². The van der Waals surface area contributed by atoms with E-state index in [9.17, 15) is 0 Å². The van der Waals surface area contributed by atoms with Crippen LogP contribution in [0.5, 0.6) is 0 Å². The summed E-state index contributed by atoms with van der Waals surface area (Å²) in [5.41, 5.74) is 0. The van der Waals surface area contributed by atoms with Gasteiger partial charge in [-0.1, -0.05) is 13.0 Å². The first kappa shape index (κ1) is 15.6. The highest BCUT2D eigenvalue weighted by atomic mass is 32.1. The van der Waals surface area contributed by atoms with Crippen LogP contribution in [0.2, 0.25) is 0 Å². The number of rotatable bonds is 9. The Labute approximate surface area is 115 Å². The summed E-state index contributed by atoms with van der Waals surface area (Å²) < 4.78 is 5.33. The summed E-state index contributed by atoms with van der Waals surface area (Å²) in [6.07, 6.45) is 1.11. The second-order valence-corrected chi connectivity index (χ2v) is 5.75. The topological polar surface area (TPSA) is 24.5 Å². The second-order valence-electron chi connectivity index (χ2n) is 4.71. The quantitative estimate of drug-likeness (QED) is 0.745. The van der Waals surface area contributed by atoms with E-state index in [1.165, 1.54) is 4.88 Å². The number of ether oxygens (including phenoxy) is 1. The Balaban J connectivity index is 2.49. The van der Waals surface area contributed by atoms with Crippen LogP contribution in [0.15, 0.2) is 17.5 Å². The molecule has 1 rings (SSSR count). The summed E-state index contributed by atoms with van der Waals surface area (Å²) >= 11 is 1.84. The first-order valence-corrected chi connectivity index (χ1v) is 7.51. The molecule has 104 valence electrons. The number of nitrogens with one attached hydrogen (secondary N) is 1. The lowest BCUT2D eigenvalue weighted by atomic mass is 10.1. The molecule has 0 aromatic carbocycles. The molecule has 2 atom stereocenters. The average molecular weight is 270 g/mol. The van der Waals surface area contributed by atoms with Crippen LogP contribution in [0.1, 0.15) is 18.7 Å². The molecule has 1 heterocycles. The Morgan fingerprint density at radius 3 is 2.83 bits per heavy atom. The fourth-order valence-electron chi connectivity index (χ4n) is 2.05. The maximum Gasteiger partial charge on any atom is 0.0630 e. The highest BCUT2D eigenvalue weighted by Gasteiger charge is 2.19. The molecule has 0 bridgehead atoms. The van der Waals surface area contributed by atoms with Crippen molar-refractivity contribution in [3.05, 3.63) is 22.4 Å². The molecule has 3 nitrogen and oxygen atoms in total. The standard InChI is InChI=1S/C14H26N2OS/c1-5-15-10-13(11-17-4)16(3)12(2)9-14-7-6-8-18-14/h6-8,12-13,15H,5,9-11H2,1-4H3. The van der Waals surface area contributed by atoms with Gasteiger partial charge in [0.25, 0.3) is 0 Å². The maximum atomic E-state index is 5.33. The minimum Gasteiger partial charge on any atom is -0.383 e. The van der Waals surface area contributed by atoms with E-state index in [4.69, 9.17) is 4.74 Å². The molecule has 2 unspecified atom stereocenters. The maximum absolute atomic E-state index is 5.33. The molecule has 0 spiro atoms. The summed E-state index contributed by atoms with van der Waals surface area (Å²) in [5, 5.41) is 5.55. The van der Waals surface area contributed by atoms with Crippen LogP contribution in [-0.4, -0.2) is 50.8 Å². The van der Waals surface area contributed by atoms with Crippen LogP contribution < -0.4 is 5.32 Å². The fourth-order valence-corrected chi connectivity index (χ4v) is 2.87. The van der Waals surface area contributed by atoms with Gasteiger partial charge in [-0.15, -0.1) is 11.3 Å². The van der Waals surface area contributed by atoms with Crippen LogP contribution in [-0.2, 0) is 11.2 Å². The molecule has 0 aliphatic carbocycles. The average Bonchev–Trinajstić information content (AvgIpc) is 2.86. The van der Waals surface area contributed by atoms with E-state index in [0.29, 0.717) is 12.1 Å². The molecule has 1 aromatic heterocycles. The molecular weight excluding hydrogens is 244 g/mol. The van der Waals surface area contributed by atoms with Crippen LogP contribution >= 0.6 is 11.3 Å². The smallest absolute Gasteiger partial charge is 0.0630 e. The van der Waals surface area contributed by atoms with E-state index >= 15 is 0 Å². The molecule has 0 aliphatic heterocycles. The van der Waals surface area contributed by atoms with E-state index < -0.39 is 0 Å². The molecule has 0 aliphatic rings. The lowest BCUT2D eigenvalue weighted by Gasteiger charge is -2.32. The first-order chi connectivity index (χ1) is 8.69. The third kappa shape index (κ3) is 5.06. The van der Waals surface area contributed by atoms with E-state index in [1.54, 1.807) is 7.11 Å². The summed E-state index contributed by atoms with van der Waals surface area (Å²) in [6.45, 7) is 7.19. The fraction of sp³-hybridized carbons (Fsp3) is 0.714. The van der Waals surface area contributed by atoms with E-state index in [1.807, 2.05) is 11.3 Å². The Kier molecular flexibility index (Phi) is 7.51. The van der Waals surface area contributed by atoms with Gasteiger partial charge in [0, 0.05) is 30.6 Å². The van der Waals surface area contributed by atoms with Crippen molar-refractivity contribution in [2.45, 2.75) is 32.4 Å². The molecule has 0 saturated heterocycles. The minimum atomic E-state index is 0.435. The predicted octanol–water partition coefficient (Wildman–Crippen LogP) is 2.24. The zero-order valence-corrected chi connectivity index (χ0v) is 12.8. The lowest BCUT2D eigenvalue weighted by Crippen LogP contribution is -2.47. The van der Waals surface area contributed by atoms with Crippen molar-refractivity contribution in [3.63, 3.8) is 0 Å². The second kappa shape index (κ2) is 8.64. The summed E-state index contributed by atoms with van der Waals surface area (Å²) in [4.78, 5) is 3.88. The van der Waals surface area contributed by atoms with Crippen molar-refractivity contribution >= 4 is 11.3 Å². The van der Waals surface area contributed by atoms with Crippen LogP contribution in [0.4, 0.5) is 0 Å². The molecule has 18 heavy (non-hydrogen) atoms. The van der Waals surface area contributed by atoms with Crippen molar-refractivity contribution < 1.29 is 4.74 Å². The Morgan fingerprint density at radius 1 is 1.50 bits per heavy atom. The highest BCUT2D eigenvalue weighted by molar-refractivity contribution is 7.09. The van der Waals surface area contributed by atoms with Crippen molar-refractivity contribution in [2.75, 3.05) is 33.9 Å². The molecular formula is C14H26N2OS. The highest BCUT2D eigenvalue weighted by Crippen LogP contribution is 2.15. The van der Waals surface area contributed by atoms with Gasteiger partial charge in [-0.25, -0.2) is 0 Å². The van der Waals surface area contributed by atoms with Gasteiger partial charge >= 0.3 is 0 Å². The van der Waals surface area contributed by atoms with Gasteiger partial charge in [-0.2, -0.15) is 0 Å². The molecule has 4 heteroatoms. The van der Waals surface area contributed by atoms with Crippen molar-refractivity contribution in [3.8, 4) is 0 Å². The van der Waals surface area contributed by atoms with Gasteiger partial charge in [0.15, 0.2) is 0 Å². The normalized spacial score (nSPS) is 14.9. The van der Waals surface area contributed by atoms with E-state index in [0.717, 1.165) is 26.1 Å². The van der Waals surface area contributed by atoms with Crippen LogP contribution in [0.3, 0.4) is 0 Å². The SMILES string of the molecule is CCNCC(COC)N(C)C(C)Cc1cccs1. The monoisotopic (exact) mass is 270 g/mol. The first-order valence-electron chi connectivity index (χ1n) is 6.63. The third-order valence-electron chi connectivity index (χ3n) is 3.34. The number of likely N-dealkylation sites (N-methyl/N-ethyl adjacent to an activating group) is 2. The number of methoxy groups -OCH3 is 1. The summed E-state index contributed by atoms with van der Waals surface area (Å²) in [5.74, 6) is 0. The predicted molar refractivity (Wildman–Crippen MR) is 79.5 cm³/mol. The Morgan fingerprint density at radius 2 is 2.28 bits per heavy atom. The van der Waals surface area contributed by atoms with Gasteiger partial charge in [0.05, 0.1) is 6.61 Å². The van der Waals surface area contributed by atoms with Gasteiger partial charge in [0.1, 0.15) is 0 Å². The van der Waals surface area contributed by atoms with Gasteiger partial charge in [-0.3, -0.25) is 4.90 Å². The molecule has 1 aromatic rings. The summed E-state index contributed by atoms with van der Waals surface area (Å²) in [6, 6.07) is 5.30. The molecule has 0 radical (unpaired) electrons. The number of hydrogen-bond donors (Lipinski definition) is 1. The van der Waals surface area contributed by atoms with Crippen molar-refractivity contribution in [2.24, 2.45) is 0 Å².